The maximum atomic E-state index is 10.6. The Kier molecular flexibility index (Phi) is 3.84. The van der Waals surface area contributed by atoms with Gasteiger partial charge in [-0.25, -0.2) is 0 Å². The average Bonchev–Trinajstić information content (AvgIpc) is 1.84. The fourth-order valence-corrected chi connectivity index (χ4v) is 0.866. The number of hydrogen-bond donors (Lipinski definition) is 0. The van der Waals surface area contributed by atoms with Crippen LogP contribution in [0.25, 0.3) is 0 Å². The van der Waals surface area contributed by atoms with Crippen molar-refractivity contribution in [1.82, 2.24) is 0 Å². The van der Waals surface area contributed by atoms with Gasteiger partial charge in [0.2, 0.25) is 8.03 Å². The van der Waals surface area contributed by atoms with Gasteiger partial charge in [-0.15, -0.1) is 0 Å². The summed E-state index contributed by atoms with van der Waals surface area (Å²) in [5, 5.41) is 0.706. The highest BCUT2D eigenvalue weighted by atomic mass is 31.1. The lowest BCUT2D eigenvalue weighted by molar-refractivity contribution is 0.419. The van der Waals surface area contributed by atoms with Crippen LogP contribution in [0.15, 0.2) is 11.9 Å². The molecule has 0 heterocycles. The van der Waals surface area contributed by atoms with E-state index in [-0.39, 0.29) is 0 Å². The lowest BCUT2D eigenvalue weighted by Crippen LogP contribution is -1.70. The fourth-order valence-electron chi connectivity index (χ4n) is 0.289. The van der Waals surface area contributed by atoms with E-state index in [0.717, 1.165) is 6.42 Å². The molecule has 0 aliphatic carbocycles. The molecule has 48 valence electrons. The van der Waals surface area contributed by atoms with Crippen LogP contribution in [0.4, 0.5) is 0 Å². The van der Waals surface area contributed by atoms with E-state index in [0.29, 0.717) is 5.31 Å². The smallest absolute Gasteiger partial charge is 0.215 e. The highest BCUT2D eigenvalue weighted by Crippen LogP contribution is 2.32. The Morgan fingerprint density at radius 3 is 2.50 bits per heavy atom. The van der Waals surface area contributed by atoms with Gasteiger partial charge in [0.05, 0.1) is 0 Å². The molecule has 0 aromatic heterocycles. The molecular formula is C5H11O2P. The number of allylic oxidation sites excluding steroid dienone is 1. The van der Waals surface area contributed by atoms with Crippen molar-refractivity contribution in [3.05, 3.63) is 11.9 Å². The summed E-state index contributed by atoms with van der Waals surface area (Å²) < 4.78 is 15.2. The normalized spacial score (nSPS) is 13.2. The van der Waals surface area contributed by atoms with Crippen LogP contribution in [0.1, 0.15) is 13.3 Å². The van der Waals surface area contributed by atoms with E-state index in [1.54, 1.807) is 0 Å². The lowest BCUT2D eigenvalue weighted by Gasteiger charge is -1.96. The molecule has 0 bridgehead atoms. The van der Waals surface area contributed by atoms with Crippen LogP contribution in [0.2, 0.25) is 0 Å². The van der Waals surface area contributed by atoms with Gasteiger partial charge < -0.3 is 4.52 Å². The first-order chi connectivity index (χ1) is 3.72. The van der Waals surface area contributed by atoms with E-state index in [1.165, 1.54) is 7.11 Å². The summed E-state index contributed by atoms with van der Waals surface area (Å²) in [5.41, 5.74) is 0. The molecule has 0 saturated carbocycles. The Bertz CT molecular complexity index is 95.0. The molecule has 0 amide bonds. The maximum absolute atomic E-state index is 10.6. The molecule has 0 fully saturated rings. The molecule has 3 heteroatoms. The van der Waals surface area contributed by atoms with Crippen LogP contribution in [-0.2, 0) is 9.09 Å². The van der Waals surface area contributed by atoms with E-state index in [9.17, 15) is 4.57 Å². The summed E-state index contributed by atoms with van der Waals surface area (Å²) in [7, 11) is -0.469. The van der Waals surface area contributed by atoms with Gasteiger partial charge in [0.1, 0.15) is 0 Å². The predicted octanol–water partition coefficient (Wildman–Crippen LogP) is 2.03. The summed E-state index contributed by atoms with van der Waals surface area (Å²) >= 11 is 0. The molecule has 0 aromatic rings. The van der Waals surface area contributed by atoms with Crippen molar-refractivity contribution in [3.8, 4) is 0 Å². The van der Waals surface area contributed by atoms with Gasteiger partial charge in [-0.2, -0.15) is 0 Å². The Labute approximate surface area is 50.4 Å². The van der Waals surface area contributed by atoms with Crippen LogP contribution in [0.5, 0.6) is 0 Å². The summed E-state index contributed by atoms with van der Waals surface area (Å²) in [6, 6.07) is 0. The van der Waals surface area contributed by atoms with Crippen LogP contribution in [0, 0.1) is 0 Å². The predicted molar refractivity (Wildman–Crippen MR) is 35.4 cm³/mol. The highest BCUT2D eigenvalue weighted by molar-refractivity contribution is 7.44. The molecular weight excluding hydrogens is 123 g/mol. The van der Waals surface area contributed by atoms with E-state index in [2.05, 4.69) is 11.1 Å². The molecule has 1 unspecified atom stereocenters. The van der Waals surface area contributed by atoms with E-state index >= 15 is 0 Å². The number of hydrogen-bond acceptors (Lipinski definition) is 2. The van der Waals surface area contributed by atoms with Crippen molar-refractivity contribution < 1.29 is 9.09 Å². The molecule has 0 aliphatic heterocycles. The zero-order chi connectivity index (χ0) is 6.57. The van der Waals surface area contributed by atoms with E-state index < -0.39 is 8.03 Å². The second kappa shape index (κ2) is 3.88. The van der Waals surface area contributed by atoms with E-state index in [1.807, 2.05) is 6.92 Å². The van der Waals surface area contributed by atoms with Crippen molar-refractivity contribution in [2.24, 2.45) is 0 Å². The second-order valence-corrected chi connectivity index (χ2v) is 3.14. The Morgan fingerprint density at radius 2 is 2.38 bits per heavy atom. The molecule has 2 nitrogen and oxygen atoms in total. The minimum atomic E-state index is -1.90. The van der Waals surface area contributed by atoms with Crippen LogP contribution in [-0.4, -0.2) is 7.11 Å². The minimum absolute atomic E-state index is 0.706. The Hall–Kier alpha value is -0.0700. The first-order valence-corrected chi connectivity index (χ1v) is 3.80. The third-order valence-electron chi connectivity index (χ3n) is 0.901. The SMILES string of the molecule is C=C(CC)[PH](=O)OC. The average molecular weight is 134 g/mol. The van der Waals surface area contributed by atoms with Crippen LogP contribution >= 0.6 is 8.03 Å². The fraction of sp³-hybridized carbons (Fsp3) is 0.600. The summed E-state index contributed by atoms with van der Waals surface area (Å²) in [4.78, 5) is 0. The van der Waals surface area contributed by atoms with Crippen molar-refractivity contribution in [2.75, 3.05) is 7.11 Å². The zero-order valence-electron chi connectivity index (χ0n) is 5.23. The monoisotopic (exact) mass is 134 g/mol. The molecule has 0 radical (unpaired) electrons. The number of rotatable bonds is 3. The van der Waals surface area contributed by atoms with Crippen molar-refractivity contribution in [3.63, 3.8) is 0 Å². The van der Waals surface area contributed by atoms with Gasteiger partial charge in [0.15, 0.2) is 0 Å². The van der Waals surface area contributed by atoms with E-state index in [4.69, 9.17) is 0 Å². The Balaban J connectivity index is 3.64. The zero-order valence-corrected chi connectivity index (χ0v) is 6.23. The highest BCUT2D eigenvalue weighted by Gasteiger charge is 1.96. The van der Waals surface area contributed by atoms with Crippen LogP contribution in [0.3, 0.4) is 0 Å². The largest absolute Gasteiger partial charge is 0.331 e. The van der Waals surface area contributed by atoms with Crippen molar-refractivity contribution in [2.45, 2.75) is 13.3 Å². The van der Waals surface area contributed by atoms with Crippen LogP contribution < -0.4 is 0 Å². The minimum Gasteiger partial charge on any atom is -0.331 e. The molecule has 0 saturated heterocycles. The molecule has 8 heavy (non-hydrogen) atoms. The maximum Gasteiger partial charge on any atom is 0.215 e. The standard InChI is InChI=1S/C5H11O2P/c1-4-5(2)8(6)7-3/h8H,2,4H2,1,3H3. The summed E-state index contributed by atoms with van der Waals surface area (Å²) in [6.45, 7) is 5.46. The van der Waals surface area contributed by atoms with Gasteiger partial charge in [-0.05, 0) is 6.42 Å². The summed E-state index contributed by atoms with van der Waals surface area (Å²) in [6.07, 6.45) is 0.742. The van der Waals surface area contributed by atoms with Crippen molar-refractivity contribution >= 4 is 8.03 Å². The molecule has 0 aromatic carbocycles. The van der Waals surface area contributed by atoms with Gasteiger partial charge in [0.25, 0.3) is 0 Å². The molecule has 0 spiro atoms. The first kappa shape index (κ1) is 7.93. The first-order valence-electron chi connectivity index (χ1n) is 2.48. The molecule has 0 rings (SSSR count). The lowest BCUT2D eigenvalue weighted by atomic mass is 10.5. The van der Waals surface area contributed by atoms with Gasteiger partial charge >= 0.3 is 0 Å². The molecule has 1 atom stereocenters. The molecule has 0 N–H and O–H groups in total. The second-order valence-electron chi connectivity index (χ2n) is 1.45. The van der Waals surface area contributed by atoms with Crippen molar-refractivity contribution in [1.29, 1.82) is 0 Å². The van der Waals surface area contributed by atoms with Gasteiger partial charge in [0, 0.05) is 12.4 Å². The third-order valence-corrected chi connectivity index (χ3v) is 2.20. The topological polar surface area (TPSA) is 26.3 Å². The summed E-state index contributed by atoms with van der Waals surface area (Å²) in [5.74, 6) is 0. The Morgan fingerprint density at radius 1 is 1.88 bits per heavy atom. The van der Waals surface area contributed by atoms with Gasteiger partial charge in [-0.1, -0.05) is 13.5 Å². The third kappa shape index (κ3) is 2.29. The quantitative estimate of drug-likeness (QED) is 0.552. The molecule has 0 aliphatic rings. The van der Waals surface area contributed by atoms with Gasteiger partial charge in [-0.3, -0.25) is 4.57 Å².